The quantitative estimate of drug-likeness (QED) is 0.655. The molecule has 3 nitrogen and oxygen atoms in total. The number of pyridine rings is 1. The first-order valence-electron chi connectivity index (χ1n) is 7.43. The average Bonchev–Trinajstić information content (AvgIpc) is 2.47. The van der Waals surface area contributed by atoms with Gasteiger partial charge < -0.3 is 0 Å². The Hall–Kier alpha value is -1.71. The molecule has 0 fully saturated rings. The molecule has 0 saturated heterocycles. The SMILES string of the molecule is CC(C)(C)c1ccc(CC(Cc2cccnc2)NN)cc1. The van der Waals surface area contributed by atoms with Gasteiger partial charge in [-0.2, -0.15) is 0 Å². The minimum absolute atomic E-state index is 0.194. The van der Waals surface area contributed by atoms with E-state index in [1.54, 1.807) is 6.20 Å². The van der Waals surface area contributed by atoms with Crippen LogP contribution < -0.4 is 11.3 Å². The fraction of sp³-hybridized carbons (Fsp3) is 0.389. The van der Waals surface area contributed by atoms with Gasteiger partial charge in [-0.15, -0.1) is 0 Å². The maximum absolute atomic E-state index is 5.70. The summed E-state index contributed by atoms with van der Waals surface area (Å²) in [6, 6.07) is 13.1. The lowest BCUT2D eigenvalue weighted by Gasteiger charge is -2.20. The molecule has 21 heavy (non-hydrogen) atoms. The average molecular weight is 283 g/mol. The molecule has 0 aliphatic carbocycles. The van der Waals surface area contributed by atoms with Crippen LogP contribution in [-0.2, 0) is 18.3 Å². The second-order valence-electron chi connectivity index (χ2n) is 6.58. The van der Waals surface area contributed by atoms with Crippen LogP contribution in [0.4, 0.5) is 0 Å². The largest absolute Gasteiger partial charge is 0.271 e. The van der Waals surface area contributed by atoms with Crippen LogP contribution >= 0.6 is 0 Å². The number of rotatable bonds is 5. The van der Waals surface area contributed by atoms with Gasteiger partial charge in [0.05, 0.1) is 0 Å². The second kappa shape index (κ2) is 6.83. The van der Waals surface area contributed by atoms with Crippen molar-refractivity contribution in [1.29, 1.82) is 0 Å². The highest BCUT2D eigenvalue weighted by molar-refractivity contribution is 5.28. The van der Waals surface area contributed by atoms with Gasteiger partial charge in [0.15, 0.2) is 0 Å². The fourth-order valence-electron chi connectivity index (χ4n) is 2.42. The van der Waals surface area contributed by atoms with Crippen LogP contribution in [0, 0.1) is 0 Å². The Bertz CT molecular complexity index is 541. The number of nitrogens with zero attached hydrogens (tertiary/aromatic N) is 1. The Labute approximate surface area is 127 Å². The molecular weight excluding hydrogens is 258 g/mol. The molecule has 0 saturated carbocycles. The number of nitrogens with one attached hydrogen (secondary N) is 1. The second-order valence-corrected chi connectivity index (χ2v) is 6.58. The Morgan fingerprint density at radius 1 is 1.05 bits per heavy atom. The highest BCUT2D eigenvalue weighted by atomic mass is 15.2. The Morgan fingerprint density at radius 2 is 1.71 bits per heavy atom. The van der Waals surface area contributed by atoms with Gasteiger partial charge in [0.25, 0.3) is 0 Å². The van der Waals surface area contributed by atoms with E-state index in [1.165, 1.54) is 16.7 Å². The molecule has 1 unspecified atom stereocenters. The maximum atomic E-state index is 5.70. The van der Waals surface area contributed by atoms with Gasteiger partial charge in [-0.05, 0) is 41.0 Å². The molecule has 1 aromatic carbocycles. The smallest absolute Gasteiger partial charge is 0.0300 e. The fourth-order valence-corrected chi connectivity index (χ4v) is 2.42. The molecule has 0 spiro atoms. The van der Waals surface area contributed by atoms with Crippen LogP contribution in [0.25, 0.3) is 0 Å². The minimum atomic E-state index is 0.194. The third-order valence-electron chi connectivity index (χ3n) is 3.74. The van der Waals surface area contributed by atoms with Crippen LogP contribution in [0.5, 0.6) is 0 Å². The van der Waals surface area contributed by atoms with Gasteiger partial charge in [-0.1, -0.05) is 51.1 Å². The first-order valence-corrected chi connectivity index (χ1v) is 7.43. The molecule has 2 aromatic rings. The van der Waals surface area contributed by atoms with Crippen LogP contribution in [0.1, 0.15) is 37.5 Å². The van der Waals surface area contributed by atoms with E-state index in [0.29, 0.717) is 0 Å². The predicted octanol–water partition coefficient (Wildman–Crippen LogP) is 3.00. The molecule has 3 heteroatoms. The molecule has 1 aromatic heterocycles. The van der Waals surface area contributed by atoms with E-state index in [-0.39, 0.29) is 11.5 Å². The zero-order valence-electron chi connectivity index (χ0n) is 13.1. The number of nitrogens with two attached hydrogens (primary N) is 1. The molecule has 112 valence electrons. The number of benzene rings is 1. The van der Waals surface area contributed by atoms with Crippen molar-refractivity contribution >= 4 is 0 Å². The number of hydrogen-bond donors (Lipinski definition) is 2. The van der Waals surface area contributed by atoms with E-state index in [0.717, 1.165) is 12.8 Å². The summed E-state index contributed by atoms with van der Waals surface area (Å²) < 4.78 is 0. The summed E-state index contributed by atoms with van der Waals surface area (Å²) in [6.07, 6.45) is 5.48. The Balaban J connectivity index is 2.02. The summed E-state index contributed by atoms with van der Waals surface area (Å²) in [5.74, 6) is 5.70. The van der Waals surface area contributed by atoms with Gasteiger partial charge >= 0.3 is 0 Å². The molecule has 0 amide bonds. The first kappa shape index (κ1) is 15.7. The molecule has 0 aliphatic heterocycles. The molecule has 0 bridgehead atoms. The zero-order valence-corrected chi connectivity index (χ0v) is 13.1. The molecule has 1 heterocycles. The summed E-state index contributed by atoms with van der Waals surface area (Å²) in [6.45, 7) is 6.69. The lowest BCUT2D eigenvalue weighted by atomic mass is 9.86. The van der Waals surface area contributed by atoms with Crippen LogP contribution in [0.3, 0.4) is 0 Å². The molecule has 0 aliphatic rings. The lowest BCUT2D eigenvalue weighted by molar-refractivity contribution is 0.521. The van der Waals surface area contributed by atoms with Crippen molar-refractivity contribution in [3.05, 3.63) is 65.5 Å². The molecule has 2 rings (SSSR count). The van der Waals surface area contributed by atoms with Crippen molar-refractivity contribution in [3.8, 4) is 0 Å². The summed E-state index contributed by atoms with van der Waals surface area (Å²) in [5, 5.41) is 0. The molecule has 0 radical (unpaired) electrons. The van der Waals surface area contributed by atoms with Gasteiger partial charge in [0.1, 0.15) is 0 Å². The van der Waals surface area contributed by atoms with E-state index < -0.39 is 0 Å². The van der Waals surface area contributed by atoms with E-state index in [9.17, 15) is 0 Å². The molecule has 1 atom stereocenters. The van der Waals surface area contributed by atoms with Crippen molar-refractivity contribution in [2.75, 3.05) is 0 Å². The van der Waals surface area contributed by atoms with Gasteiger partial charge in [0.2, 0.25) is 0 Å². The summed E-state index contributed by atoms with van der Waals surface area (Å²) in [5.41, 5.74) is 6.97. The summed E-state index contributed by atoms with van der Waals surface area (Å²) in [4.78, 5) is 4.15. The molecular formula is C18H25N3. The van der Waals surface area contributed by atoms with Gasteiger partial charge in [-0.3, -0.25) is 16.3 Å². The number of hydrazine groups is 1. The summed E-state index contributed by atoms with van der Waals surface area (Å²) in [7, 11) is 0. The third-order valence-corrected chi connectivity index (χ3v) is 3.74. The van der Waals surface area contributed by atoms with E-state index >= 15 is 0 Å². The normalized spacial score (nSPS) is 13.1. The maximum Gasteiger partial charge on any atom is 0.0300 e. The number of aromatic nitrogens is 1. The Kier molecular flexibility index (Phi) is 5.10. The van der Waals surface area contributed by atoms with Crippen molar-refractivity contribution < 1.29 is 0 Å². The van der Waals surface area contributed by atoms with E-state index in [2.05, 4.69) is 61.5 Å². The predicted molar refractivity (Wildman–Crippen MR) is 87.9 cm³/mol. The highest BCUT2D eigenvalue weighted by Crippen LogP contribution is 2.22. The van der Waals surface area contributed by atoms with Crippen molar-refractivity contribution in [3.63, 3.8) is 0 Å². The minimum Gasteiger partial charge on any atom is -0.271 e. The lowest BCUT2D eigenvalue weighted by Crippen LogP contribution is -2.38. The van der Waals surface area contributed by atoms with Crippen molar-refractivity contribution in [2.24, 2.45) is 5.84 Å². The Morgan fingerprint density at radius 3 is 2.24 bits per heavy atom. The summed E-state index contributed by atoms with van der Waals surface area (Å²) >= 11 is 0. The van der Waals surface area contributed by atoms with Crippen molar-refractivity contribution in [1.82, 2.24) is 10.4 Å². The third kappa shape index (κ3) is 4.66. The number of hydrogen-bond acceptors (Lipinski definition) is 3. The monoisotopic (exact) mass is 283 g/mol. The van der Waals surface area contributed by atoms with Crippen molar-refractivity contribution in [2.45, 2.75) is 45.1 Å². The topological polar surface area (TPSA) is 50.9 Å². The van der Waals surface area contributed by atoms with Crippen LogP contribution in [0.2, 0.25) is 0 Å². The van der Waals surface area contributed by atoms with Crippen LogP contribution in [0.15, 0.2) is 48.8 Å². The first-order chi connectivity index (χ1) is 9.99. The van der Waals surface area contributed by atoms with E-state index in [4.69, 9.17) is 5.84 Å². The van der Waals surface area contributed by atoms with Crippen LogP contribution in [-0.4, -0.2) is 11.0 Å². The standard InChI is InChI=1S/C18H25N3/c1-18(2,3)16-8-6-14(7-9-16)11-17(21-19)12-15-5-4-10-20-13-15/h4-10,13,17,21H,11-12,19H2,1-3H3. The van der Waals surface area contributed by atoms with E-state index in [1.807, 2.05) is 12.3 Å². The highest BCUT2D eigenvalue weighted by Gasteiger charge is 2.14. The van der Waals surface area contributed by atoms with Gasteiger partial charge in [0, 0.05) is 18.4 Å². The van der Waals surface area contributed by atoms with Gasteiger partial charge in [-0.25, -0.2) is 0 Å². The molecule has 3 N–H and O–H groups in total. The zero-order chi connectivity index (χ0) is 15.3.